The zero-order valence-corrected chi connectivity index (χ0v) is 9.97. The van der Waals surface area contributed by atoms with E-state index in [2.05, 4.69) is 44.2 Å². The molecule has 0 aliphatic heterocycles. The van der Waals surface area contributed by atoms with Gasteiger partial charge in [0.25, 0.3) is 0 Å². The Morgan fingerprint density at radius 3 is 2.47 bits per heavy atom. The molecule has 2 rings (SSSR count). The second-order valence-corrected chi connectivity index (χ2v) is 5.76. The third kappa shape index (κ3) is 1.89. The predicted octanol–water partition coefficient (Wildman–Crippen LogP) is 3.78. The minimum Gasteiger partial charge on any atom is -0.197 e. The summed E-state index contributed by atoms with van der Waals surface area (Å²) in [6, 6.07) is 10.9. The van der Waals surface area contributed by atoms with Crippen LogP contribution in [-0.4, -0.2) is 4.75 Å². The van der Waals surface area contributed by atoms with Crippen LogP contribution in [0, 0.1) is 24.2 Å². The maximum absolute atomic E-state index is 9.25. The Labute approximate surface area is 95.5 Å². The molecule has 0 N–H and O–H groups in total. The van der Waals surface area contributed by atoms with E-state index >= 15 is 0 Å². The first-order valence-electron chi connectivity index (χ1n) is 5.33. The number of hydrogen-bond acceptors (Lipinski definition) is 2. The van der Waals surface area contributed by atoms with Crippen LogP contribution in [0.2, 0.25) is 0 Å². The summed E-state index contributed by atoms with van der Waals surface area (Å²) >= 11 is 1.73. The Morgan fingerprint density at radius 2 is 2.07 bits per heavy atom. The van der Waals surface area contributed by atoms with E-state index in [1.807, 2.05) is 0 Å². The van der Waals surface area contributed by atoms with Gasteiger partial charge in [0.05, 0.1) is 6.07 Å². The summed E-state index contributed by atoms with van der Waals surface area (Å²) in [7, 11) is 0. The molecule has 1 aromatic rings. The van der Waals surface area contributed by atoms with E-state index in [4.69, 9.17) is 0 Å². The molecule has 2 heteroatoms. The molecule has 1 fully saturated rings. The Balaban J connectivity index is 2.15. The fourth-order valence-corrected chi connectivity index (χ4v) is 3.13. The Bertz CT molecular complexity index is 390. The summed E-state index contributed by atoms with van der Waals surface area (Å²) in [4.78, 5) is 1.22. The van der Waals surface area contributed by atoms with E-state index < -0.39 is 0 Å². The van der Waals surface area contributed by atoms with Gasteiger partial charge in [-0.3, -0.25) is 0 Å². The van der Waals surface area contributed by atoms with Crippen molar-refractivity contribution in [3.8, 4) is 6.07 Å². The topological polar surface area (TPSA) is 23.8 Å². The van der Waals surface area contributed by atoms with Gasteiger partial charge in [0.2, 0.25) is 0 Å². The van der Waals surface area contributed by atoms with E-state index in [0.29, 0.717) is 5.92 Å². The molecule has 1 aliphatic carbocycles. The van der Waals surface area contributed by atoms with Crippen molar-refractivity contribution in [3.63, 3.8) is 0 Å². The lowest BCUT2D eigenvalue weighted by atomic mass is 9.75. The van der Waals surface area contributed by atoms with Crippen molar-refractivity contribution in [1.29, 1.82) is 5.26 Å². The molecular weight excluding hydrogens is 202 g/mol. The van der Waals surface area contributed by atoms with Gasteiger partial charge in [-0.05, 0) is 37.8 Å². The van der Waals surface area contributed by atoms with E-state index in [-0.39, 0.29) is 4.75 Å². The second kappa shape index (κ2) is 3.90. The molecular formula is C13H15NS. The molecule has 2 atom stereocenters. The first-order chi connectivity index (χ1) is 7.16. The van der Waals surface area contributed by atoms with Crippen LogP contribution >= 0.6 is 11.8 Å². The average molecular weight is 217 g/mol. The standard InChI is InChI=1S/C13H15NS/c1-10-3-5-12(6-4-10)15-13(9-14)8-7-11(13)2/h3-6,11H,7-8H2,1-2H3. The van der Waals surface area contributed by atoms with Gasteiger partial charge in [-0.15, -0.1) is 11.8 Å². The molecule has 0 saturated heterocycles. The lowest BCUT2D eigenvalue weighted by molar-refractivity contribution is 0.297. The SMILES string of the molecule is Cc1ccc(SC2(C#N)CCC2C)cc1. The van der Waals surface area contributed by atoms with E-state index in [9.17, 15) is 5.26 Å². The van der Waals surface area contributed by atoms with E-state index in [0.717, 1.165) is 6.42 Å². The lowest BCUT2D eigenvalue weighted by Gasteiger charge is -2.41. The predicted molar refractivity (Wildman–Crippen MR) is 63.8 cm³/mol. The third-order valence-electron chi connectivity index (χ3n) is 3.26. The molecule has 0 bridgehead atoms. The molecule has 15 heavy (non-hydrogen) atoms. The first kappa shape index (κ1) is 10.6. The first-order valence-corrected chi connectivity index (χ1v) is 6.15. The van der Waals surface area contributed by atoms with Crippen LogP contribution < -0.4 is 0 Å². The molecule has 78 valence electrons. The summed E-state index contributed by atoms with van der Waals surface area (Å²) in [5, 5.41) is 9.25. The fraction of sp³-hybridized carbons (Fsp3) is 0.462. The van der Waals surface area contributed by atoms with Crippen molar-refractivity contribution >= 4 is 11.8 Å². The fourth-order valence-electron chi connectivity index (χ4n) is 1.85. The molecule has 0 amide bonds. The zero-order valence-electron chi connectivity index (χ0n) is 9.16. The Hall–Kier alpha value is -0.940. The van der Waals surface area contributed by atoms with Crippen molar-refractivity contribution in [2.75, 3.05) is 0 Å². The van der Waals surface area contributed by atoms with Crippen LogP contribution in [0.25, 0.3) is 0 Å². The van der Waals surface area contributed by atoms with Crippen LogP contribution in [0.4, 0.5) is 0 Å². The molecule has 0 aromatic heterocycles. The van der Waals surface area contributed by atoms with Crippen molar-refractivity contribution in [2.24, 2.45) is 5.92 Å². The van der Waals surface area contributed by atoms with Crippen molar-refractivity contribution in [2.45, 2.75) is 36.3 Å². The van der Waals surface area contributed by atoms with Gasteiger partial charge in [-0.1, -0.05) is 24.6 Å². The molecule has 2 unspecified atom stereocenters. The highest BCUT2D eigenvalue weighted by atomic mass is 32.2. The van der Waals surface area contributed by atoms with Gasteiger partial charge in [-0.25, -0.2) is 0 Å². The summed E-state index contributed by atoms with van der Waals surface area (Å²) in [5.74, 6) is 0.522. The normalized spacial score (nSPS) is 29.3. The van der Waals surface area contributed by atoms with Gasteiger partial charge >= 0.3 is 0 Å². The van der Waals surface area contributed by atoms with Crippen LogP contribution in [0.15, 0.2) is 29.2 Å². The Morgan fingerprint density at radius 1 is 1.40 bits per heavy atom. The molecule has 1 aliphatic rings. The molecule has 0 radical (unpaired) electrons. The van der Waals surface area contributed by atoms with Gasteiger partial charge in [0.15, 0.2) is 0 Å². The lowest BCUT2D eigenvalue weighted by Crippen LogP contribution is -2.40. The summed E-state index contributed by atoms with van der Waals surface area (Å²) in [5.41, 5.74) is 1.27. The summed E-state index contributed by atoms with van der Waals surface area (Å²) < 4.78 is -0.157. The molecule has 1 saturated carbocycles. The van der Waals surface area contributed by atoms with Crippen LogP contribution in [0.1, 0.15) is 25.3 Å². The number of hydrogen-bond donors (Lipinski definition) is 0. The maximum atomic E-state index is 9.25. The third-order valence-corrected chi connectivity index (χ3v) is 4.82. The van der Waals surface area contributed by atoms with Gasteiger partial charge in [0.1, 0.15) is 4.75 Å². The highest BCUT2D eigenvalue weighted by molar-refractivity contribution is 8.01. The molecule has 1 nitrogen and oxygen atoms in total. The number of thioether (sulfide) groups is 1. The molecule has 0 spiro atoms. The average Bonchev–Trinajstić information content (AvgIpc) is 2.26. The second-order valence-electron chi connectivity index (χ2n) is 4.36. The van der Waals surface area contributed by atoms with Gasteiger partial charge in [-0.2, -0.15) is 5.26 Å². The molecule has 0 heterocycles. The smallest absolute Gasteiger partial charge is 0.110 e. The van der Waals surface area contributed by atoms with Crippen molar-refractivity contribution < 1.29 is 0 Å². The monoisotopic (exact) mass is 217 g/mol. The zero-order chi connectivity index (χ0) is 10.9. The highest BCUT2D eigenvalue weighted by Gasteiger charge is 2.45. The van der Waals surface area contributed by atoms with Crippen LogP contribution in [0.5, 0.6) is 0 Å². The summed E-state index contributed by atoms with van der Waals surface area (Å²) in [6.45, 7) is 4.26. The number of nitrogens with zero attached hydrogens (tertiary/aromatic N) is 1. The minimum atomic E-state index is -0.157. The van der Waals surface area contributed by atoms with E-state index in [1.165, 1.54) is 16.9 Å². The van der Waals surface area contributed by atoms with Crippen molar-refractivity contribution in [1.82, 2.24) is 0 Å². The largest absolute Gasteiger partial charge is 0.197 e. The number of benzene rings is 1. The number of aryl methyl sites for hydroxylation is 1. The van der Waals surface area contributed by atoms with Gasteiger partial charge < -0.3 is 0 Å². The van der Waals surface area contributed by atoms with Crippen LogP contribution in [0.3, 0.4) is 0 Å². The number of rotatable bonds is 2. The maximum Gasteiger partial charge on any atom is 0.110 e. The van der Waals surface area contributed by atoms with E-state index in [1.54, 1.807) is 11.8 Å². The van der Waals surface area contributed by atoms with Crippen LogP contribution in [-0.2, 0) is 0 Å². The minimum absolute atomic E-state index is 0.157. The molecule has 1 aromatic carbocycles. The highest BCUT2D eigenvalue weighted by Crippen LogP contribution is 2.51. The Kier molecular flexibility index (Phi) is 2.75. The number of nitriles is 1. The quantitative estimate of drug-likeness (QED) is 0.752. The van der Waals surface area contributed by atoms with Gasteiger partial charge in [0, 0.05) is 4.90 Å². The van der Waals surface area contributed by atoms with Crippen molar-refractivity contribution in [3.05, 3.63) is 29.8 Å². The summed E-state index contributed by atoms with van der Waals surface area (Å²) in [6.07, 6.45) is 2.22.